The smallest absolute Gasteiger partial charge is 0.147 e. The lowest BCUT2D eigenvalue weighted by atomic mass is 10.4. The maximum absolute atomic E-state index is 10.9. The molecule has 0 atom stereocenters. The third kappa shape index (κ3) is 10.6. The van der Waals surface area contributed by atoms with E-state index in [1.54, 1.807) is 7.11 Å². The van der Waals surface area contributed by atoms with Gasteiger partial charge in [0.05, 0.1) is 12.4 Å². The van der Waals surface area contributed by atoms with E-state index in [-0.39, 0.29) is 5.75 Å². The minimum atomic E-state index is -2.82. The van der Waals surface area contributed by atoms with E-state index >= 15 is 0 Å². The van der Waals surface area contributed by atoms with Crippen LogP contribution in [0, 0.1) is 0 Å². The standard InChI is InChI=1S/C9H20BrNO3S/c1-14-8-7-11(6-4-10)5-3-9-15(2,12)13/h3-9H2,1-2H3. The van der Waals surface area contributed by atoms with Crippen LogP contribution in [0.4, 0.5) is 0 Å². The number of ether oxygens (including phenoxy) is 1. The zero-order valence-electron chi connectivity index (χ0n) is 9.41. The van der Waals surface area contributed by atoms with Gasteiger partial charge in [-0.2, -0.15) is 0 Å². The molecule has 0 saturated carbocycles. The maximum atomic E-state index is 10.9. The van der Waals surface area contributed by atoms with Crippen molar-refractivity contribution >= 4 is 25.8 Å². The number of halogens is 1. The number of hydrogen-bond acceptors (Lipinski definition) is 4. The zero-order chi connectivity index (χ0) is 11.7. The van der Waals surface area contributed by atoms with Gasteiger partial charge in [0, 0.05) is 31.8 Å². The van der Waals surface area contributed by atoms with Crippen molar-refractivity contribution in [2.24, 2.45) is 0 Å². The largest absolute Gasteiger partial charge is 0.383 e. The molecule has 0 amide bonds. The molecule has 92 valence electrons. The average molecular weight is 302 g/mol. The molecule has 0 spiro atoms. The van der Waals surface area contributed by atoms with Crippen molar-refractivity contribution in [3.05, 3.63) is 0 Å². The quantitative estimate of drug-likeness (QED) is 0.590. The van der Waals surface area contributed by atoms with Crippen molar-refractivity contribution in [3.8, 4) is 0 Å². The van der Waals surface area contributed by atoms with Gasteiger partial charge in [0.1, 0.15) is 9.84 Å². The molecule has 0 unspecified atom stereocenters. The first-order valence-corrected chi connectivity index (χ1v) is 8.13. The van der Waals surface area contributed by atoms with Crippen molar-refractivity contribution in [1.82, 2.24) is 4.90 Å². The van der Waals surface area contributed by atoms with E-state index < -0.39 is 9.84 Å². The van der Waals surface area contributed by atoms with Gasteiger partial charge in [-0.3, -0.25) is 0 Å². The molecule has 0 N–H and O–H groups in total. The molecular formula is C9H20BrNO3S. The van der Waals surface area contributed by atoms with Crippen LogP contribution in [0.25, 0.3) is 0 Å². The van der Waals surface area contributed by atoms with Gasteiger partial charge in [-0.15, -0.1) is 0 Å². The average Bonchev–Trinajstić information content (AvgIpc) is 2.12. The lowest BCUT2D eigenvalue weighted by Gasteiger charge is -2.20. The van der Waals surface area contributed by atoms with Crippen molar-refractivity contribution in [3.63, 3.8) is 0 Å². The van der Waals surface area contributed by atoms with Gasteiger partial charge < -0.3 is 9.64 Å². The minimum absolute atomic E-state index is 0.263. The second kappa shape index (κ2) is 8.50. The lowest BCUT2D eigenvalue weighted by Crippen LogP contribution is -2.31. The van der Waals surface area contributed by atoms with E-state index in [1.165, 1.54) is 6.26 Å². The van der Waals surface area contributed by atoms with Gasteiger partial charge in [0.2, 0.25) is 0 Å². The van der Waals surface area contributed by atoms with Gasteiger partial charge in [0.25, 0.3) is 0 Å². The molecule has 4 nitrogen and oxygen atoms in total. The fraction of sp³-hybridized carbons (Fsp3) is 1.00. The van der Waals surface area contributed by atoms with Gasteiger partial charge in [-0.25, -0.2) is 8.42 Å². The van der Waals surface area contributed by atoms with Crippen LogP contribution >= 0.6 is 15.9 Å². The number of alkyl halides is 1. The number of sulfone groups is 1. The molecule has 0 fully saturated rings. The van der Waals surface area contributed by atoms with E-state index in [9.17, 15) is 8.42 Å². The Morgan fingerprint density at radius 3 is 2.40 bits per heavy atom. The van der Waals surface area contributed by atoms with E-state index in [2.05, 4.69) is 20.8 Å². The molecule has 0 bridgehead atoms. The first-order valence-electron chi connectivity index (χ1n) is 4.94. The predicted octanol–water partition coefficient (Wildman–Crippen LogP) is 0.764. The number of rotatable bonds is 9. The number of methoxy groups -OCH3 is 1. The minimum Gasteiger partial charge on any atom is -0.383 e. The highest BCUT2D eigenvalue weighted by molar-refractivity contribution is 9.09. The summed E-state index contributed by atoms with van der Waals surface area (Å²) in [5.74, 6) is 0.263. The second-order valence-electron chi connectivity index (χ2n) is 3.51. The van der Waals surface area contributed by atoms with Gasteiger partial charge in [-0.1, -0.05) is 15.9 Å². The molecule has 0 rings (SSSR count). The summed E-state index contributed by atoms with van der Waals surface area (Å²) < 4.78 is 26.9. The predicted molar refractivity (Wildman–Crippen MR) is 66.4 cm³/mol. The van der Waals surface area contributed by atoms with Gasteiger partial charge >= 0.3 is 0 Å². The van der Waals surface area contributed by atoms with Crippen LogP contribution in [0.3, 0.4) is 0 Å². The Kier molecular flexibility index (Phi) is 8.69. The summed E-state index contributed by atoms with van der Waals surface area (Å²) in [5.41, 5.74) is 0. The van der Waals surface area contributed by atoms with Crippen LogP contribution in [0.15, 0.2) is 0 Å². The molecule has 0 aliphatic heterocycles. The van der Waals surface area contributed by atoms with Crippen molar-refractivity contribution in [1.29, 1.82) is 0 Å². The van der Waals surface area contributed by atoms with Crippen LogP contribution in [0.5, 0.6) is 0 Å². The van der Waals surface area contributed by atoms with E-state index in [4.69, 9.17) is 4.74 Å². The highest BCUT2D eigenvalue weighted by Gasteiger charge is 2.06. The summed E-state index contributed by atoms with van der Waals surface area (Å²) >= 11 is 3.37. The summed E-state index contributed by atoms with van der Waals surface area (Å²) in [6.07, 6.45) is 1.96. The Balaban J connectivity index is 3.74. The SMILES string of the molecule is COCCN(CCBr)CCCS(C)(=O)=O. The number of nitrogens with zero attached hydrogens (tertiary/aromatic N) is 1. The lowest BCUT2D eigenvalue weighted by molar-refractivity contribution is 0.152. The van der Waals surface area contributed by atoms with Crippen LogP contribution < -0.4 is 0 Å². The Labute approximate surface area is 101 Å². The first kappa shape index (κ1) is 15.3. The fourth-order valence-corrected chi connectivity index (χ4v) is 2.38. The summed E-state index contributed by atoms with van der Waals surface area (Å²) in [7, 11) is -1.16. The third-order valence-electron chi connectivity index (χ3n) is 2.00. The highest BCUT2D eigenvalue weighted by atomic mass is 79.9. The van der Waals surface area contributed by atoms with Gasteiger partial charge in [0.15, 0.2) is 0 Å². The normalized spacial score (nSPS) is 12.3. The molecule has 15 heavy (non-hydrogen) atoms. The maximum Gasteiger partial charge on any atom is 0.147 e. The Morgan fingerprint density at radius 2 is 1.93 bits per heavy atom. The molecule has 0 aliphatic rings. The Hall–Kier alpha value is 0.350. The molecule has 0 saturated heterocycles. The van der Waals surface area contributed by atoms with Crippen molar-refractivity contribution in [2.45, 2.75) is 6.42 Å². The van der Waals surface area contributed by atoms with Crippen molar-refractivity contribution < 1.29 is 13.2 Å². The first-order chi connectivity index (χ1) is 6.99. The number of hydrogen-bond donors (Lipinski definition) is 0. The molecule has 6 heteroatoms. The van der Waals surface area contributed by atoms with E-state index in [1.807, 2.05) is 0 Å². The Bertz CT molecular complexity index is 244. The van der Waals surface area contributed by atoms with Crippen LogP contribution in [0.2, 0.25) is 0 Å². The summed E-state index contributed by atoms with van der Waals surface area (Å²) in [4.78, 5) is 2.20. The topological polar surface area (TPSA) is 46.6 Å². The molecule has 0 radical (unpaired) electrons. The Morgan fingerprint density at radius 1 is 1.27 bits per heavy atom. The summed E-state index contributed by atoms with van der Waals surface area (Å²) in [5, 5.41) is 0.898. The van der Waals surface area contributed by atoms with Crippen LogP contribution in [0.1, 0.15) is 6.42 Å². The highest BCUT2D eigenvalue weighted by Crippen LogP contribution is 1.96. The van der Waals surface area contributed by atoms with Crippen LogP contribution in [-0.2, 0) is 14.6 Å². The summed E-state index contributed by atoms with van der Waals surface area (Å²) in [6.45, 7) is 3.27. The molecule has 0 aliphatic carbocycles. The fourth-order valence-electron chi connectivity index (χ4n) is 1.23. The third-order valence-corrected chi connectivity index (χ3v) is 3.39. The molecule has 0 aromatic heterocycles. The molecule has 0 aromatic carbocycles. The molecule has 0 heterocycles. The second-order valence-corrected chi connectivity index (χ2v) is 6.56. The zero-order valence-corrected chi connectivity index (χ0v) is 11.8. The molecule has 0 aromatic rings. The monoisotopic (exact) mass is 301 g/mol. The molecular weight excluding hydrogens is 282 g/mol. The van der Waals surface area contributed by atoms with Crippen LogP contribution in [-0.4, -0.2) is 64.0 Å². The van der Waals surface area contributed by atoms with Gasteiger partial charge in [-0.05, 0) is 13.0 Å². The summed E-state index contributed by atoms with van der Waals surface area (Å²) in [6, 6.07) is 0. The van der Waals surface area contributed by atoms with E-state index in [0.717, 1.165) is 25.0 Å². The van der Waals surface area contributed by atoms with E-state index in [0.29, 0.717) is 13.0 Å². The van der Waals surface area contributed by atoms with Crippen molar-refractivity contribution in [2.75, 3.05) is 50.7 Å².